The Morgan fingerprint density at radius 1 is 1.12 bits per heavy atom. The van der Waals surface area contributed by atoms with Gasteiger partial charge >= 0.3 is 0 Å². The van der Waals surface area contributed by atoms with E-state index in [1.165, 1.54) is 12.0 Å². The number of fused-ring (bicyclic) bond motifs is 4. The van der Waals surface area contributed by atoms with E-state index >= 15 is 0 Å². The second-order valence-electron chi connectivity index (χ2n) is 6.93. The van der Waals surface area contributed by atoms with Gasteiger partial charge in [0.2, 0.25) is 0 Å². The fourth-order valence-corrected chi connectivity index (χ4v) is 4.96. The van der Waals surface area contributed by atoms with Crippen molar-refractivity contribution in [1.29, 1.82) is 0 Å². The minimum absolute atomic E-state index is 0.236. The molecule has 1 N–H and O–H groups in total. The van der Waals surface area contributed by atoms with E-state index < -0.39 is 0 Å². The molecule has 3 nitrogen and oxygen atoms in total. The van der Waals surface area contributed by atoms with Crippen molar-refractivity contribution in [2.75, 3.05) is 14.2 Å². The van der Waals surface area contributed by atoms with E-state index in [-0.39, 0.29) is 11.4 Å². The first-order valence-corrected chi connectivity index (χ1v) is 8.70. The zero-order valence-electron chi connectivity index (χ0n) is 14.6. The summed E-state index contributed by atoms with van der Waals surface area (Å²) < 4.78 is 11.7. The van der Waals surface area contributed by atoms with Crippen LogP contribution in [0.25, 0.3) is 11.1 Å². The second kappa shape index (κ2) is 5.52. The first-order chi connectivity index (χ1) is 11.7. The summed E-state index contributed by atoms with van der Waals surface area (Å²) in [5.74, 6) is 1.23. The third kappa shape index (κ3) is 1.82. The summed E-state index contributed by atoms with van der Waals surface area (Å²) in [4.78, 5) is 0. The molecule has 2 aliphatic carbocycles. The summed E-state index contributed by atoms with van der Waals surface area (Å²) in [7, 11) is 3.43. The Balaban J connectivity index is 2.01. The van der Waals surface area contributed by atoms with Gasteiger partial charge in [0.15, 0.2) is 11.5 Å². The molecule has 3 heteroatoms. The predicted octanol–water partition coefficient (Wildman–Crippen LogP) is 4.89. The maximum Gasteiger partial charge on any atom is 0.167 e. The summed E-state index contributed by atoms with van der Waals surface area (Å²) in [5, 5.41) is 11.0. The summed E-state index contributed by atoms with van der Waals surface area (Å²) in [5.41, 5.74) is 5.20. The van der Waals surface area contributed by atoms with Crippen LogP contribution in [0.2, 0.25) is 0 Å². The predicted molar refractivity (Wildman–Crippen MR) is 94.7 cm³/mol. The average molecular weight is 324 g/mol. The zero-order valence-corrected chi connectivity index (χ0v) is 14.6. The standard InChI is InChI=1S/C21H24O3/c1-13-16(14-9-5-4-6-10-14)19(22)20(23-2)18-17(13)15-11-7-8-12-21(15,18)24-3/h4-6,9-10,15,22H,7-8,11-12H2,1-3H3. The smallest absolute Gasteiger partial charge is 0.167 e. The first-order valence-electron chi connectivity index (χ1n) is 8.70. The maximum atomic E-state index is 11.0. The summed E-state index contributed by atoms with van der Waals surface area (Å²) in [6, 6.07) is 10.1. The molecule has 0 heterocycles. The summed E-state index contributed by atoms with van der Waals surface area (Å²) >= 11 is 0. The van der Waals surface area contributed by atoms with Crippen LogP contribution in [-0.2, 0) is 10.3 Å². The molecule has 0 aromatic heterocycles. The van der Waals surface area contributed by atoms with Gasteiger partial charge in [-0.25, -0.2) is 0 Å². The molecular formula is C21H24O3. The zero-order chi connectivity index (χ0) is 16.9. The molecule has 0 radical (unpaired) electrons. The van der Waals surface area contributed by atoms with Gasteiger partial charge in [0.05, 0.1) is 7.11 Å². The van der Waals surface area contributed by atoms with E-state index in [4.69, 9.17) is 9.47 Å². The number of phenolic OH excluding ortho intramolecular Hbond substituents is 1. The Kier molecular flexibility index (Phi) is 3.57. The van der Waals surface area contributed by atoms with E-state index in [0.29, 0.717) is 11.7 Å². The van der Waals surface area contributed by atoms with Gasteiger partial charge in [-0.1, -0.05) is 43.2 Å². The Labute approximate surface area is 143 Å². The summed E-state index contributed by atoms with van der Waals surface area (Å²) in [6.07, 6.45) is 4.54. The first kappa shape index (κ1) is 15.5. The number of methoxy groups -OCH3 is 2. The molecule has 0 amide bonds. The Morgan fingerprint density at radius 3 is 2.54 bits per heavy atom. The van der Waals surface area contributed by atoms with Gasteiger partial charge in [-0.15, -0.1) is 0 Å². The fourth-order valence-electron chi connectivity index (χ4n) is 4.96. The van der Waals surface area contributed by atoms with Crippen molar-refractivity contribution in [2.24, 2.45) is 0 Å². The van der Waals surface area contributed by atoms with Gasteiger partial charge in [0.1, 0.15) is 5.60 Å². The normalized spacial score (nSPS) is 24.7. The van der Waals surface area contributed by atoms with Crippen LogP contribution in [0.5, 0.6) is 11.5 Å². The minimum atomic E-state index is -0.281. The van der Waals surface area contributed by atoms with Crippen molar-refractivity contribution in [3.05, 3.63) is 47.0 Å². The largest absolute Gasteiger partial charge is 0.504 e. The van der Waals surface area contributed by atoms with Crippen LogP contribution in [0.3, 0.4) is 0 Å². The van der Waals surface area contributed by atoms with Gasteiger partial charge in [-0.3, -0.25) is 0 Å². The number of rotatable bonds is 3. The Hall–Kier alpha value is -2.00. The van der Waals surface area contributed by atoms with E-state index in [0.717, 1.165) is 41.5 Å². The van der Waals surface area contributed by atoms with Crippen LogP contribution in [0.1, 0.15) is 48.3 Å². The van der Waals surface area contributed by atoms with Crippen LogP contribution in [0, 0.1) is 6.92 Å². The minimum Gasteiger partial charge on any atom is -0.504 e. The van der Waals surface area contributed by atoms with Gasteiger partial charge in [-0.2, -0.15) is 0 Å². The third-order valence-electron chi connectivity index (χ3n) is 5.98. The van der Waals surface area contributed by atoms with Gasteiger partial charge in [-0.05, 0) is 36.5 Å². The van der Waals surface area contributed by atoms with E-state index in [1.54, 1.807) is 14.2 Å². The molecular weight excluding hydrogens is 300 g/mol. The maximum absolute atomic E-state index is 11.0. The monoisotopic (exact) mass is 324 g/mol. The van der Waals surface area contributed by atoms with E-state index in [2.05, 4.69) is 6.92 Å². The second-order valence-corrected chi connectivity index (χ2v) is 6.93. The van der Waals surface area contributed by atoms with Crippen molar-refractivity contribution >= 4 is 0 Å². The molecule has 1 fully saturated rings. The fraction of sp³-hybridized carbons (Fsp3) is 0.429. The van der Waals surface area contributed by atoms with Crippen LogP contribution in [-0.4, -0.2) is 19.3 Å². The van der Waals surface area contributed by atoms with Crippen molar-refractivity contribution in [3.8, 4) is 22.6 Å². The number of ether oxygens (including phenoxy) is 2. The van der Waals surface area contributed by atoms with Crippen molar-refractivity contribution < 1.29 is 14.6 Å². The number of aromatic hydroxyl groups is 1. The van der Waals surface area contributed by atoms with Crippen molar-refractivity contribution in [3.63, 3.8) is 0 Å². The molecule has 2 atom stereocenters. The van der Waals surface area contributed by atoms with Crippen molar-refractivity contribution in [2.45, 2.75) is 44.1 Å². The lowest BCUT2D eigenvalue weighted by Gasteiger charge is -2.54. The lowest BCUT2D eigenvalue weighted by atomic mass is 9.55. The molecule has 0 aliphatic heterocycles. The molecule has 2 aliphatic rings. The molecule has 4 rings (SSSR count). The topological polar surface area (TPSA) is 38.7 Å². The molecule has 2 aromatic rings. The molecule has 2 unspecified atom stereocenters. The van der Waals surface area contributed by atoms with Crippen molar-refractivity contribution in [1.82, 2.24) is 0 Å². The molecule has 0 spiro atoms. The van der Waals surface area contributed by atoms with Gasteiger partial charge in [0, 0.05) is 24.2 Å². The van der Waals surface area contributed by atoms with Crippen LogP contribution >= 0.6 is 0 Å². The SMILES string of the molecule is COc1c(O)c(-c2ccccc2)c(C)c2c1C1(OC)CCCCC21. The van der Waals surface area contributed by atoms with Crippen LogP contribution in [0.15, 0.2) is 30.3 Å². The highest BCUT2D eigenvalue weighted by Gasteiger charge is 2.57. The number of phenols is 1. The van der Waals surface area contributed by atoms with E-state index in [1.807, 2.05) is 30.3 Å². The average Bonchev–Trinajstić information content (AvgIpc) is 2.60. The molecule has 0 bridgehead atoms. The van der Waals surface area contributed by atoms with Crippen LogP contribution < -0.4 is 4.74 Å². The third-order valence-corrected chi connectivity index (χ3v) is 5.98. The summed E-state index contributed by atoms with van der Waals surface area (Å²) in [6.45, 7) is 2.12. The van der Waals surface area contributed by atoms with E-state index in [9.17, 15) is 5.11 Å². The number of hydrogen-bond donors (Lipinski definition) is 1. The molecule has 0 saturated heterocycles. The molecule has 1 saturated carbocycles. The molecule has 24 heavy (non-hydrogen) atoms. The highest BCUT2D eigenvalue weighted by Crippen LogP contribution is 2.66. The highest BCUT2D eigenvalue weighted by molar-refractivity contribution is 5.82. The number of benzene rings is 2. The highest BCUT2D eigenvalue weighted by atomic mass is 16.5. The lowest BCUT2D eigenvalue weighted by Crippen LogP contribution is -2.48. The van der Waals surface area contributed by atoms with Gasteiger partial charge < -0.3 is 14.6 Å². The molecule has 126 valence electrons. The van der Waals surface area contributed by atoms with Crippen LogP contribution in [0.4, 0.5) is 0 Å². The number of hydrogen-bond acceptors (Lipinski definition) is 3. The Morgan fingerprint density at radius 2 is 1.88 bits per heavy atom. The van der Waals surface area contributed by atoms with Gasteiger partial charge in [0.25, 0.3) is 0 Å². The quantitative estimate of drug-likeness (QED) is 0.873. The lowest BCUT2D eigenvalue weighted by molar-refractivity contribution is -0.0880. The molecule has 2 aromatic carbocycles. The Bertz CT molecular complexity index is 782.